The number of benzene rings is 2. The highest BCUT2D eigenvalue weighted by Crippen LogP contribution is 2.51. The summed E-state index contributed by atoms with van der Waals surface area (Å²) in [5.41, 5.74) is 3.31. The Kier molecular flexibility index (Phi) is 5.13. The van der Waals surface area contributed by atoms with Crippen LogP contribution in [0.3, 0.4) is 0 Å². The quantitative estimate of drug-likeness (QED) is 0.756. The molecule has 0 saturated heterocycles. The number of fused-ring (bicyclic) bond motifs is 2. The van der Waals surface area contributed by atoms with Crippen molar-refractivity contribution in [3.05, 3.63) is 47.0 Å². The lowest BCUT2D eigenvalue weighted by molar-refractivity contribution is -0.922. The molecule has 0 bridgehead atoms. The lowest BCUT2D eigenvalue weighted by Crippen LogP contribution is -2.48. The first-order valence-corrected chi connectivity index (χ1v) is 10.0. The van der Waals surface area contributed by atoms with Crippen LogP contribution in [0.15, 0.2) is 30.3 Å². The van der Waals surface area contributed by atoms with Gasteiger partial charge in [-0.25, -0.2) is 0 Å². The molecule has 2 aliphatic heterocycles. The lowest BCUT2D eigenvalue weighted by atomic mass is 9.86. The van der Waals surface area contributed by atoms with Gasteiger partial charge in [-0.15, -0.1) is 0 Å². The summed E-state index contributed by atoms with van der Waals surface area (Å²) in [5.74, 6) is 2.54. The number of ether oxygens (including phenoxy) is 3. The van der Waals surface area contributed by atoms with Gasteiger partial charge in [0.2, 0.25) is 12.5 Å². The number of aromatic hydroxyl groups is 1. The summed E-state index contributed by atoms with van der Waals surface area (Å²) in [5, 5.41) is 9.42. The maximum atomic E-state index is 12.9. The zero-order valence-corrected chi connectivity index (χ0v) is 17.2. The monoisotopic (exact) mass is 398 g/mol. The van der Waals surface area contributed by atoms with E-state index in [-0.39, 0.29) is 24.4 Å². The van der Waals surface area contributed by atoms with Crippen molar-refractivity contribution in [2.45, 2.75) is 31.7 Å². The third kappa shape index (κ3) is 3.77. The Hall–Kier alpha value is -2.73. The van der Waals surface area contributed by atoms with Crippen molar-refractivity contribution >= 4 is 5.78 Å². The molecule has 0 aliphatic carbocycles. The summed E-state index contributed by atoms with van der Waals surface area (Å²) in [4.78, 5) is 12.9. The first-order chi connectivity index (χ1) is 13.9. The molecule has 6 heteroatoms. The van der Waals surface area contributed by atoms with E-state index in [1.165, 1.54) is 5.56 Å². The van der Waals surface area contributed by atoms with E-state index in [0.717, 1.165) is 34.3 Å². The molecule has 0 amide bonds. The van der Waals surface area contributed by atoms with Crippen molar-refractivity contribution in [1.82, 2.24) is 0 Å². The van der Waals surface area contributed by atoms with E-state index in [1.54, 1.807) is 19.2 Å². The summed E-state index contributed by atoms with van der Waals surface area (Å²) in [6.45, 7) is 1.15. The molecule has 1 atom stereocenters. The number of rotatable bonds is 6. The summed E-state index contributed by atoms with van der Waals surface area (Å²) in [7, 11) is 5.99. The molecule has 1 N–H and O–H groups in total. The molecule has 1 unspecified atom stereocenters. The summed E-state index contributed by atoms with van der Waals surface area (Å²) in [6, 6.07) is 9.10. The second-order valence-corrected chi connectivity index (χ2v) is 8.39. The summed E-state index contributed by atoms with van der Waals surface area (Å²) < 4.78 is 17.7. The fraction of sp³-hybridized carbons (Fsp3) is 0.435. The van der Waals surface area contributed by atoms with Crippen molar-refractivity contribution in [3.63, 3.8) is 0 Å². The lowest BCUT2D eigenvalue weighted by Gasteiger charge is -2.43. The number of methoxy groups -OCH3 is 1. The Balaban J connectivity index is 1.58. The molecule has 0 fully saturated rings. The Morgan fingerprint density at radius 2 is 2.00 bits per heavy atom. The predicted octanol–water partition coefficient (Wildman–Crippen LogP) is 3.40. The standard InChI is InChI=1S/C23H27NO5/c1-24(2)11-10-16-12-20-22(29-14-28-20)23(27-3)21(16)19(24)13-18(26)9-6-15-4-7-17(25)8-5-15/h4-5,7-8,12,19H,6,9-11,13-14H2,1-3H3/p+1. The van der Waals surface area contributed by atoms with E-state index in [4.69, 9.17) is 14.2 Å². The molecule has 154 valence electrons. The van der Waals surface area contributed by atoms with Crippen molar-refractivity contribution in [2.75, 3.05) is 34.5 Å². The molecule has 2 heterocycles. The fourth-order valence-corrected chi connectivity index (χ4v) is 4.38. The van der Waals surface area contributed by atoms with Crippen LogP contribution in [0.5, 0.6) is 23.0 Å². The minimum atomic E-state index is 0.00974. The topological polar surface area (TPSA) is 65.0 Å². The number of Topliss-reactive ketones (excluding diaryl/α,β-unsaturated/α-hetero) is 1. The van der Waals surface area contributed by atoms with Gasteiger partial charge in [-0.05, 0) is 35.7 Å². The van der Waals surface area contributed by atoms with E-state index in [1.807, 2.05) is 18.2 Å². The molecule has 0 aromatic heterocycles. The molecule has 6 nitrogen and oxygen atoms in total. The molecular weight excluding hydrogens is 370 g/mol. The van der Waals surface area contributed by atoms with Gasteiger partial charge in [-0.3, -0.25) is 4.79 Å². The highest BCUT2D eigenvalue weighted by Gasteiger charge is 2.42. The first kappa shape index (κ1) is 19.6. The third-order valence-corrected chi connectivity index (χ3v) is 6.13. The Morgan fingerprint density at radius 3 is 2.72 bits per heavy atom. The number of aryl methyl sites for hydroxylation is 1. The molecule has 0 radical (unpaired) electrons. The van der Waals surface area contributed by atoms with Gasteiger partial charge < -0.3 is 23.8 Å². The minimum absolute atomic E-state index is 0.00974. The largest absolute Gasteiger partial charge is 0.508 e. The van der Waals surface area contributed by atoms with Gasteiger partial charge in [-0.1, -0.05) is 12.1 Å². The van der Waals surface area contributed by atoms with Crippen LogP contribution in [-0.4, -0.2) is 49.9 Å². The fourth-order valence-electron chi connectivity index (χ4n) is 4.38. The van der Waals surface area contributed by atoms with Gasteiger partial charge in [-0.2, -0.15) is 0 Å². The van der Waals surface area contributed by atoms with Gasteiger partial charge in [0.15, 0.2) is 11.5 Å². The van der Waals surface area contributed by atoms with E-state index in [0.29, 0.717) is 30.8 Å². The molecule has 2 aliphatic rings. The number of carbonyl (C=O) groups excluding carboxylic acids is 1. The number of likely N-dealkylation sites (N-methyl/N-ethyl adjacent to an activating group) is 1. The zero-order chi connectivity index (χ0) is 20.6. The van der Waals surface area contributed by atoms with Crippen molar-refractivity contribution in [1.29, 1.82) is 0 Å². The number of ketones is 1. The smallest absolute Gasteiger partial charge is 0.231 e. The van der Waals surface area contributed by atoms with Crippen LogP contribution in [0.25, 0.3) is 0 Å². The number of phenolic OH excluding ortho intramolecular Hbond substituents is 1. The molecule has 2 aromatic rings. The van der Waals surface area contributed by atoms with Crippen LogP contribution >= 0.6 is 0 Å². The number of hydrogen-bond donors (Lipinski definition) is 1. The minimum Gasteiger partial charge on any atom is -0.508 e. The van der Waals surface area contributed by atoms with E-state index < -0.39 is 0 Å². The van der Waals surface area contributed by atoms with E-state index >= 15 is 0 Å². The van der Waals surface area contributed by atoms with Crippen molar-refractivity contribution in [2.24, 2.45) is 0 Å². The molecular formula is C23H28NO5+. The van der Waals surface area contributed by atoms with Crippen LogP contribution in [0.4, 0.5) is 0 Å². The molecule has 0 spiro atoms. The summed E-state index contributed by atoms with van der Waals surface area (Å²) >= 11 is 0. The van der Waals surface area contributed by atoms with Gasteiger partial charge >= 0.3 is 0 Å². The van der Waals surface area contributed by atoms with Gasteiger partial charge in [0.1, 0.15) is 17.6 Å². The molecule has 29 heavy (non-hydrogen) atoms. The number of hydrogen-bond acceptors (Lipinski definition) is 5. The second kappa shape index (κ2) is 7.59. The third-order valence-electron chi connectivity index (χ3n) is 6.13. The van der Waals surface area contributed by atoms with Crippen molar-refractivity contribution < 1.29 is 28.6 Å². The van der Waals surface area contributed by atoms with Crippen LogP contribution in [-0.2, 0) is 17.6 Å². The van der Waals surface area contributed by atoms with Crippen molar-refractivity contribution in [3.8, 4) is 23.0 Å². The zero-order valence-electron chi connectivity index (χ0n) is 17.2. The Morgan fingerprint density at radius 1 is 1.24 bits per heavy atom. The first-order valence-electron chi connectivity index (χ1n) is 10.0. The number of nitrogens with zero attached hydrogens (tertiary/aromatic N) is 1. The van der Waals surface area contributed by atoms with E-state index in [2.05, 4.69) is 14.1 Å². The van der Waals surface area contributed by atoms with Gasteiger partial charge in [0.05, 0.1) is 39.7 Å². The van der Waals surface area contributed by atoms with Gasteiger partial charge in [0.25, 0.3) is 0 Å². The van der Waals surface area contributed by atoms with Crippen LogP contribution in [0.2, 0.25) is 0 Å². The van der Waals surface area contributed by atoms with Crippen LogP contribution < -0.4 is 14.2 Å². The highest BCUT2D eigenvalue weighted by molar-refractivity contribution is 5.80. The van der Waals surface area contributed by atoms with Gasteiger partial charge in [0, 0.05) is 12.8 Å². The van der Waals surface area contributed by atoms with E-state index in [9.17, 15) is 9.90 Å². The Bertz CT molecular complexity index is 920. The Labute approximate surface area is 171 Å². The average Bonchev–Trinajstić information content (AvgIpc) is 3.16. The van der Waals surface area contributed by atoms with Crippen LogP contribution in [0, 0.1) is 0 Å². The average molecular weight is 398 g/mol. The maximum Gasteiger partial charge on any atom is 0.231 e. The van der Waals surface area contributed by atoms with Crippen LogP contribution in [0.1, 0.15) is 35.6 Å². The highest BCUT2D eigenvalue weighted by atomic mass is 16.7. The molecule has 0 saturated carbocycles. The SMILES string of the molecule is COc1c2c(cc3c1C(CC(=O)CCc1ccc(O)cc1)[N+](C)(C)CC3)OCO2. The number of quaternary nitrogens is 1. The summed E-state index contributed by atoms with van der Waals surface area (Å²) in [6.07, 6.45) is 2.51. The normalized spacial score (nSPS) is 18.9. The maximum absolute atomic E-state index is 12.9. The molecule has 2 aromatic carbocycles. The number of carbonyl (C=O) groups is 1. The molecule has 4 rings (SSSR count). The second-order valence-electron chi connectivity index (χ2n) is 8.39. The number of phenols is 1. The predicted molar refractivity (Wildman–Crippen MR) is 109 cm³/mol.